The van der Waals surface area contributed by atoms with Crippen molar-refractivity contribution in [3.05, 3.63) is 36.0 Å². The van der Waals surface area contributed by atoms with Gasteiger partial charge in [-0.3, -0.25) is 9.89 Å². The molecular formula is C11H11N3O2. The number of hydrogen-bond acceptors (Lipinski definition) is 3. The van der Waals surface area contributed by atoms with E-state index in [1.54, 1.807) is 37.4 Å². The molecule has 2 rings (SSSR count). The van der Waals surface area contributed by atoms with E-state index >= 15 is 0 Å². The van der Waals surface area contributed by atoms with Crippen molar-refractivity contribution in [2.75, 3.05) is 7.05 Å². The first-order chi connectivity index (χ1) is 7.70. The highest BCUT2D eigenvalue weighted by atomic mass is 16.3. The molecule has 0 radical (unpaired) electrons. The summed E-state index contributed by atoms with van der Waals surface area (Å²) in [5, 5.41) is 18.3. The van der Waals surface area contributed by atoms with Crippen LogP contribution in [0.2, 0.25) is 0 Å². The number of carbonyl (C=O) groups excluding carboxylic acids is 1. The van der Waals surface area contributed by atoms with Crippen LogP contribution in [0.15, 0.2) is 30.3 Å². The van der Waals surface area contributed by atoms with E-state index in [0.29, 0.717) is 11.4 Å². The standard InChI is InChI=1S/C11H11N3O2/c1-12-11(16)10-6-9(13-14-10)7-2-4-8(15)5-3-7/h2-6,15H,1H3,(H,12,16)(H,13,14). The third-order valence-corrected chi connectivity index (χ3v) is 2.21. The molecule has 0 spiro atoms. The van der Waals surface area contributed by atoms with Gasteiger partial charge in [0, 0.05) is 12.6 Å². The number of amides is 1. The summed E-state index contributed by atoms with van der Waals surface area (Å²) in [6.07, 6.45) is 0. The zero-order chi connectivity index (χ0) is 11.5. The van der Waals surface area contributed by atoms with Crippen molar-refractivity contribution < 1.29 is 9.90 Å². The van der Waals surface area contributed by atoms with Crippen LogP contribution >= 0.6 is 0 Å². The van der Waals surface area contributed by atoms with Gasteiger partial charge in [0.1, 0.15) is 11.4 Å². The molecule has 0 aliphatic rings. The van der Waals surface area contributed by atoms with Crippen LogP contribution in [-0.2, 0) is 0 Å². The SMILES string of the molecule is CNC(=O)c1cc(-c2ccc(O)cc2)n[nH]1. The predicted octanol–water partition coefficient (Wildman–Crippen LogP) is 1.14. The molecule has 0 aliphatic carbocycles. The molecule has 1 aromatic heterocycles. The molecule has 2 aromatic rings. The van der Waals surface area contributed by atoms with Gasteiger partial charge in [0.15, 0.2) is 0 Å². The number of benzene rings is 1. The van der Waals surface area contributed by atoms with Crippen LogP contribution in [0.5, 0.6) is 5.75 Å². The van der Waals surface area contributed by atoms with Crippen LogP contribution in [0.1, 0.15) is 10.5 Å². The van der Waals surface area contributed by atoms with E-state index in [1.165, 1.54) is 0 Å². The van der Waals surface area contributed by atoms with Gasteiger partial charge in [-0.15, -0.1) is 0 Å². The third-order valence-electron chi connectivity index (χ3n) is 2.21. The molecule has 1 aromatic carbocycles. The maximum Gasteiger partial charge on any atom is 0.269 e. The number of carbonyl (C=O) groups is 1. The van der Waals surface area contributed by atoms with Crippen molar-refractivity contribution in [2.24, 2.45) is 0 Å². The third kappa shape index (κ3) is 1.88. The van der Waals surface area contributed by atoms with Gasteiger partial charge >= 0.3 is 0 Å². The van der Waals surface area contributed by atoms with E-state index in [-0.39, 0.29) is 11.7 Å². The van der Waals surface area contributed by atoms with Crippen molar-refractivity contribution >= 4 is 5.91 Å². The number of aromatic hydroxyl groups is 1. The minimum absolute atomic E-state index is 0.200. The zero-order valence-electron chi connectivity index (χ0n) is 8.69. The Balaban J connectivity index is 2.31. The number of hydrogen-bond donors (Lipinski definition) is 3. The van der Waals surface area contributed by atoms with Gasteiger partial charge in [-0.25, -0.2) is 0 Å². The Kier molecular flexibility index (Phi) is 2.59. The monoisotopic (exact) mass is 217 g/mol. The molecule has 0 saturated heterocycles. The highest BCUT2D eigenvalue weighted by Crippen LogP contribution is 2.20. The van der Waals surface area contributed by atoms with Gasteiger partial charge in [0.25, 0.3) is 5.91 Å². The number of aromatic amines is 1. The van der Waals surface area contributed by atoms with Gasteiger partial charge in [-0.05, 0) is 30.3 Å². The van der Waals surface area contributed by atoms with E-state index in [4.69, 9.17) is 5.11 Å². The Bertz CT molecular complexity index is 502. The number of aromatic nitrogens is 2. The Morgan fingerprint density at radius 3 is 2.69 bits per heavy atom. The summed E-state index contributed by atoms with van der Waals surface area (Å²) in [6, 6.07) is 8.27. The van der Waals surface area contributed by atoms with Gasteiger partial charge in [-0.1, -0.05) is 0 Å². The van der Waals surface area contributed by atoms with E-state index < -0.39 is 0 Å². The Morgan fingerprint density at radius 2 is 2.06 bits per heavy atom. The first-order valence-electron chi connectivity index (χ1n) is 4.77. The molecule has 0 aliphatic heterocycles. The average molecular weight is 217 g/mol. The molecule has 1 amide bonds. The van der Waals surface area contributed by atoms with Gasteiger partial charge in [-0.2, -0.15) is 5.10 Å². The molecule has 5 heteroatoms. The van der Waals surface area contributed by atoms with Crippen LogP contribution < -0.4 is 5.32 Å². The number of phenols is 1. The Morgan fingerprint density at radius 1 is 1.38 bits per heavy atom. The normalized spacial score (nSPS) is 10.1. The fourth-order valence-electron chi connectivity index (χ4n) is 1.35. The zero-order valence-corrected chi connectivity index (χ0v) is 8.69. The van der Waals surface area contributed by atoms with Crippen molar-refractivity contribution in [2.45, 2.75) is 0 Å². The summed E-state index contributed by atoms with van der Waals surface area (Å²) >= 11 is 0. The molecule has 1 heterocycles. The average Bonchev–Trinajstić information content (AvgIpc) is 2.78. The van der Waals surface area contributed by atoms with Gasteiger partial charge < -0.3 is 10.4 Å². The molecule has 82 valence electrons. The molecule has 0 fully saturated rings. The van der Waals surface area contributed by atoms with E-state index in [9.17, 15) is 4.79 Å². The van der Waals surface area contributed by atoms with E-state index in [0.717, 1.165) is 5.56 Å². The number of rotatable bonds is 2. The van der Waals surface area contributed by atoms with Gasteiger partial charge in [0.05, 0.1) is 5.69 Å². The Labute approximate surface area is 92.1 Å². The lowest BCUT2D eigenvalue weighted by Crippen LogP contribution is -2.17. The lowest BCUT2D eigenvalue weighted by Gasteiger charge is -1.95. The number of phenolic OH excluding ortho intramolecular Hbond substituents is 1. The van der Waals surface area contributed by atoms with E-state index in [1.807, 2.05) is 0 Å². The van der Waals surface area contributed by atoms with Gasteiger partial charge in [0.2, 0.25) is 0 Å². The molecule has 0 saturated carbocycles. The molecule has 0 atom stereocenters. The highest BCUT2D eigenvalue weighted by Gasteiger charge is 2.08. The fourth-order valence-corrected chi connectivity index (χ4v) is 1.35. The largest absolute Gasteiger partial charge is 0.508 e. The highest BCUT2D eigenvalue weighted by molar-refractivity contribution is 5.93. The lowest BCUT2D eigenvalue weighted by molar-refractivity contribution is 0.0958. The summed E-state index contributed by atoms with van der Waals surface area (Å²) < 4.78 is 0. The number of nitrogens with one attached hydrogen (secondary N) is 2. The first kappa shape index (κ1) is 10.2. The van der Waals surface area contributed by atoms with Crippen LogP contribution in [0.25, 0.3) is 11.3 Å². The van der Waals surface area contributed by atoms with Crippen LogP contribution in [0.4, 0.5) is 0 Å². The maximum atomic E-state index is 11.3. The van der Waals surface area contributed by atoms with Crippen LogP contribution in [0.3, 0.4) is 0 Å². The molecule has 0 unspecified atom stereocenters. The fraction of sp³-hybridized carbons (Fsp3) is 0.0909. The van der Waals surface area contributed by atoms with Crippen molar-refractivity contribution in [1.29, 1.82) is 0 Å². The molecule has 16 heavy (non-hydrogen) atoms. The van der Waals surface area contributed by atoms with Crippen LogP contribution in [0, 0.1) is 0 Å². The smallest absolute Gasteiger partial charge is 0.269 e. The summed E-state index contributed by atoms with van der Waals surface area (Å²) in [5.41, 5.74) is 1.91. The van der Waals surface area contributed by atoms with Crippen LogP contribution in [-0.4, -0.2) is 28.3 Å². The first-order valence-corrected chi connectivity index (χ1v) is 4.77. The Hall–Kier alpha value is -2.30. The molecule has 5 nitrogen and oxygen atoms in total. The quantitative estimate of drug-likeness (QED) is 0.705. The minimum atomic E-state index is -0.211. The maximum absolute atomic E-state index is 11.3. The second-order valence-electron chi connectivity index (χ2n) is 3.29. The minimum Gasteiger partial charge on any atom is -0.508 e. The summed E-state index contributed by atoms with van der Waals surface area (Å²) in [4.78, 5) is 11.3. The second kappa shape index (κ2) is 4.06. The lowest BCUT2D eigenvalue weighted by atomic mass is 10.1. The second-order valence-corrected chi connectivity index (χ2v) is 3.29. The predicted molar refractivity (Wildman–Crippen MR) is 59.1 cm³/mol. The summed E-state index contributed by atoms with van der Waals surface area (Å²) in [5.74, 6) is -0.0108. The van der Waals surface area contributed by atoms with Crippen molar-refractivity contribution in [3.63, 3.8) is 0 Å². The number of nitrogens with zero attached hydrogens (tertiary/aromatic N) is 1. The number of H-pyrrole nitrogens is 1. The molecule has 3 N–H and O–H groups in total. The molecular weight excluding hydrogens is 206 g/mol. The topological polar surface area (TPSA) is 78.0 Å². The summed E-state index contributed by atoms with van der Waals surface area (Å²) in [7, 11) is 1.56. The van der Waals surface area contributed by atoms with E-state index in [2.05, 4.69) is 15.5 Å². The van der Waals surface area contributed by atoms with Crippen molar-refractivity contribution in [3.8, 4) is 17.0 Å². The molecule has 0 bridgehead atoms. The van der Waals surface area contributed by atoms with Crippen molar-refractivity contribution in [1.82, 2.24) is 15.5 Å². The summed E-state index contributed by atoms with van der Waals surface area (Å²) in [6.45, 7) is 0.